The van der Waals surface area contributed by atoms with Crippen molar-refractivity contribution in [3.8, 4) is 5.75 Å². The van der Waals surface area contributed by atoms with Crippen LogP contribution in [0.5, 0.6) is 5.75 Å². The summed E-state index contributed by atoms with van der Waals surface area (Å²) in [4.78, 5) is 12.1. The number of benzene rings is 2. The second kappa shape index (κ2) is 7.85. The van der Waals surface area contributed by atoms with Crippen molar-refractivity contribution in [1.82, 2.24) is 0 Å². The Morgan fingerprint density at radius 1 is 1.18 bits per heavy atom. The maximum absolute atomic E-state index is 12.1. The topological polar surface area (TPSA) is 38.3 Å². The van der Waals surface area contributed by atoms with Crippen LogP contribution in [0.2, 0.25) is 5.02 Å². The monoisotopic (exact) mass is 317 g/mol. The van der Waals surface area contributed by atoms with Crippen LogP contribution in [-0.2, 0) is 11.2 Å². The lowest BCUT2D eigenvalue weighted by atomic mass is 10.1. The van der Waals surface area contributed by atoms with Gasteiger partial charge in [-0.05, 0) is 43.2 Å². The van der Waals surface area contributed by atoms with Gasteiger partial charge in [-0.25, -0.2) is 0 Å². The third kappa shape index (κ3) is 4.50. The number of para-hydroxylation sites is 1. The maximum Gasteiger partial charge on any atom is 0.265 e. The number of nitrogens with one attached hydrogen (secondary N) is 1. The minimum Gasteiger partial charge on any atom is -0.481 e. The second-order valence-electron chi connectivity index (χ2n) is 5.12. The number of carbonyl (C=O) groups excluding carboxylic acids is 1. The molecule has 0 saturated carbocycles. The Labute approximate surface area is 136 Å². The highest BCUT2D eigenvalue weighted by Crippen LogP contribution is 2.21. The van der Waals surface area contributed by atoms with Gasteiger partial charge in [0.15, 0.2) is 6.10 Å². The van der Waals surface area contributed by atoms with Crippen molar-refractivity contribution < 1.29 is 9.53 Å². The van der Waals surface area contributed by atoms with Crippen LogP contribution in [-0.4, -0.2) is 12.0 Å². The summed E-state index contributed by atoms with van der Waals surface area (Å²) in [7, 11) is 0. The van der Waals surface area contributed by atoms with Crippen molar-refractivity contribution >= 4 is 23.2 Å². The fraction of sp³-hybridized carbons (Fsp3) is 0.278. The third-order valence-electron chi connectivity index (χ3n) is 3.28. The first-order chi connectivity index (χ1) is 10.6. The number of rotatable bonds is 6. The number of hydrogen-bond acceptors (Lipinski definition) is 2. The predicted molar refractivity (Wildman–Crippen MR) is 90.6 cm³/mol. The van der Waals surface area contributed by atoms with E-state index in [2.05, 4.69) is 12.2 Å². The molecular weight excluding hydrogens is 298 g/mol. The van der Waals surface area contributed by atoms with Crippen LogP contribution in [0.1, 0.15) is 25.8 Å². The summed E-state index contributed by atoms with van der Waals surface area (Å²) in [5.41, 5.74) is 1.85. The molecule has 1 unspecified atom stereocenters. The van der Waals surface area contributed by atoms with Crippen LogP contribution in [0, 0.1) is 0 Å². The number of carbonyl (C=O) groups is 1. The van der Waals surface area contributed by atoms with Crippen LogP contribution in [0.25, 0.3) is 0 Å². The van der Waals surface area contributed by atoms with Crippen LogP contribution < -0.4 is 10.1 Å². The molecule has 1 atom stereocenters. The summed E-state index contributed by atoms with van der Waals surface area (Å²) >= 11 is 6.02. The van der Waals surface area contributed by atoms with Crippen LogP contribution >= 0.6 is 11.6 Å². The molecule has 0 radical (unpaired) electrons. The molecule has 0 aliphatic carbocycles. The van der Waals surface area contributed by atoms with Crippen molar-refractivity contribution in [2.75, 3.05) is 5.32 Å². The predicted octanol–water partition coefficient (Wildman–Crippen LogP) is 4.70. The molecule has 1 N–H and O–H groups in total. The Hall–Kier alpha value is -2.00. The average molecular weight is 318 g/mol. The smallest absolute Gasteiger partial charge is 0.265 e. The second-order valence-corrected chi connectivity index (χ2v) is 5.53. The molecule has 116 valence electrons. The molecule has 0 fully saturated rings. The lowest BCUT2D eigenvalue weighted by Gasteiger charge is -2.15. The molecule has 0 aromatic heterocycles. The zero-order valence-electron chi connectivity index (χ0n) is 12.8. The summed E-state index contributed by atoms with van der Waals surface area (Å²) < 4.78 is 5.67. The van der Waals surface area contributed by atoms with Crippen molar-refractivity contribution in [2.45, 2.75) is 32.8 Å². The van der Waals surface area contributed by atoms with E-state index in [0.717, 1.165) is 12.8 Å². The van der Waals surface area contributed by atoms with Crippen LogP contribution in [0.4, 0.5) is 5.69 Å². The van der Waals surface area contributed by atoms with Crippen molar-refractivity contribution in [1.29, 1.82) is 0 Å². The van der Waals surface area contributed by atoms with E-state index in [9.17, 15) is 4.79 Å². The van der Waals surface area contributed by atoms with Gasteiger partial charge in [0, 0.05) is 0 Å². The molecule has 0 spiro atoms. The molecule has 22 heavy (non-hydrogen) atoms. The molecule has 0 aliphatic heterocycles. The molecule has 4 heteroatoms. The van der Waals surface area contributed by atoms with E-state index in [1.54, 1.807) is 19.1 Å². The molecule has 0 aliphatic rings. The van der Waals surface area contributed by atoms with Gasteiger partial charge in [-0.2, -0.15) is 0 Å². The molecule has 1 amide bonds. The first-order valence-corrected chi connectivity index (χ1v) is 7.79. The average Bonchev–Trinajstić information content (AvgIpc) is 2.51. The molecule has 0 bridgehead atoms. The van der Waals surface area contributed by atoms with Crippen molar-refractivity contribution in [3.63, 3.8) is 0 Å². The highest BCUT2D eigenvalue weighted by atomic mass is 35.5. The first kappa shape index (κ1) is 16.4. The summed E-state index contributed by atoms with van der Waals surface area (Å²) in [6, 6.07) is 15.0. The van der Waals surface area contributed by atoms with Gasteiger partial charge < -0.3 is 10.1 Å². The zero-order chi connectivity index (χ0) is 15.9. The maximum atomic E-state index is 12.1. The standard InChI is InChI=1S/C18H20ClNO2/c1-3-6-14-9-11-15(12-10-14)22-13(2)18(21)20-17-8-5-4-7-16(17)19/h4-5,7-13H,3,6H2,1-2H3,(H,20,21). The minimum atomic E-state index is -0.603. The number of halogens is 1. The highest BCUT2D eigenvalue weighted by Gasteiger charge is 2.15. The van der Waals surface area contributed by atoms with Crippen LogP contribution in [0.3, 0.4) is 0 Å². The largest absolute Gasteiger partial charge is 0.481 e. The SMILES string of the molecule is CCCc1ccc(OC(C)C(=O)Nc2ccccc2Cl)cc1. The van der Waals surface area contributed by atoms with Gasteiger partial charge >= 0.3 is 0 Å². The van der Waals surface area contributed by atoms with Gasteiger partial charge in [-0.1, -0.05) is 49.2 Å². The van der Waals surface area contributed by atoms with Crippen molar-refractivity contribution in [3.05, 3.63) is 59.1 Å². The van der Waals surface area contributed by atoms with Crippen molar-refractivity contribution in [2.24, 2.45) is 0 Å². The Bertz CT molecular complexity index is 625. The third-order valence-corrected chi connectivity index (χ3v) is 3.61. The van der Waals surface area contributed by atoms with E-state index in [1.165, 1.54) is 5.56 Å². The molecule has 2 aromatic carbocycles. The van der Waals surface area contributed by atoms with Gasteiger partial charge in [0.1, 0.15) is 5.75 Å². The molecule has 2 aromatic rings. The molecule has 3 nitrogen and oxygen atoms in total. The van der Waals surface area contributed by atoms with E-state index in [1.807, 2.05) is 36.4 Å². The highest BCUT2D eigenvalue weighted by molar-refractivity contribution is 6.33. The Morgan fingerprint density at radius 3 is 2.50 bits per heavy atom. The first-order valence-electron chi connectivity index (χ1n) is 7.41. The summed E-state index contributed by atoms with van der Waals surface area (Å²) in [6.45, 7) is 3.86. The number of anilines is 1. The molecular formula is C18H20ClNO2. The van der Waals surface area contributed by atoms with E-state index in [4.69, 9.17) is 16.3 Å². The fourth-order valence-electron chi connectivity index (χ4n) is 2.08. The summed E-state index contributed by atoms with van der Waals surface area (Å²) in [5.74, 6) is 0.451. The van der Waals surface area contributed by atoms with Gasteiger partial charge in [0.25, 0.3) is 5.91 Å². The number of ether oxygens (including phenoxy) is 1. The normalized spacial score (nSPS) is 11.8. The molecule has 0 heterocycles. The van der Waals surface area contributed by atoms with Gasteiger partial charge in [0.2, 0.25) is 0 Å². The van der Waals surface area contributed by atoms with Crippen LogP contribution in [0.15, 0.2) is 48.5 Å². The Morgan fingerprint density at radius 2 is 1.86 bits per heavy atom. The Balaban J connectivity index is 1.95. The number of hydrogen-bond donors (Lipinski definition) is 1. The number of amides is 1. The molecule has 2 rings (SSSR count). The van der Waals surface area contributed by atoms with E-state index < -0.39 is 6.10 Å². The zero-order valence-corrected chi connectivity index (χ0v) is 13.6. The summed E-state index contributed by atoms with van der Waals surface area (Å²) in [6.07, 6.45) is 1.55. The summed E-state index contributed by atoms with van der Waals surface area (Å²) in [5, 5.41) is 3.27. The lowest BCUT2D eigenvalue weighted by Crippen LogP contribution is -2.30. The van der Waals surface area contributed by atoms with E-state index in [0.29, 0.717) is 16.5 Å². The van der Waals surface area contributed by atoms with E-state index >= 15 is 0 Å². The number of aryl methyl sites for hydroxylation is 1. The Kier molecular flexibility index (Phi) is 5.84. The molecule has 0 saturated heterocycles. The quantitative estimate of drug-likeness (QED) is 0.838. The minimum absolute atomic E-state index is 0.231. The lowest BCUT2D eigenvalue weighted by molar-refractivity contribution is -0.122. The van der Waals surface area contributed by atoms with Gasteiger partial charge in [0.05, 0.1) is 10.7 Å². The fourth-order valence-corrected chi connectivity index (χ4v) is 2.26. The van der Waals surface area contributed by atoms with Gasteiger partial charge in [-0.15, -0.1) is 0 Å². The van der Waals surface area contributed by atoms with Gasteiger partial charge in [-0.3, -0.25) is 4.79 Å². The van der Waals surface area contributed by atoms with E-state index in [-0.39, 0.29) is 5.91 Å².